The van der Waals surface area contributed by atoms with Gasteiger partial charge in [0, 0.05) is 31.1 Å². The Morgan fingerprint density at radius 2 is 2.03 bits per heavy atom. The fraction of sp³-hybridized carbons (Fsp3) is 0.591. The van der Waals surface area contributed by atoms with Crippen LogP contribution in [0, 0.1) is 18.8 Å². The van der Waals surface area contributed by atoms with E-state index in [-0.39, 0.29) is 35.6 Å². The second-order valence-electron chi connectivity index (χ2n) is 8.89. The van der Waals surface area contributed by atoms with E-state index in [1.807, 2.05) is 18.7 Å². The number of carbonyl (C=O) groups is 2. The van der Waals surface area contributed by atoms with E-state index in [9.17, 15) is 9.59 Å². The molecule has 3 atom stereocenters. The van der Waals surface area contributed by atoms with Crippen LogP contribution < -0.4 is 14.8 Å². The molecule has 0 bridgehead atoms. The van der Waals surface area contributed by atoms with Crippen molar-refractivity contribution in [2.24, 2.45) is 11.8 Å². The Morgan fingerprint density at radius 1 is 1.25 bits per heavy atom. The molecule has 3 heterocycles. The summed E-state index contributed by atoms with van der Waals surface area (Å²) in [5.74, 6) is 1.55. The number of rotatable bonds is 6. The second kappa shape index (κ2) is 8.40. The van der Waals surface area contributed by atoms with Gasteiger partial charge in [-0.2, -0.15) is 9.97 Å². The lowest BCUT2D eigenvalue weighted by Gasteiger charge is -2.26. The van der Waals surface area contributed by atoms with Gasteiger partial charge in [0.15, 0.2) is 5.82 Å². The summed E-state index contributed by atoms with van der Waals surface area (Å²) in [4.78, 5) is 36.3. The number of hydrogen-bond acceptors (Lipinski definition) is 8. The molecule has 1 aliphatic carbocycles. The molecule has 0 radical (unpaired) electrons. The first-order valence-corrected chi connectivity index (χ1v) is 10.8. The van der Waals surface area contributed by atoms with Crippen LogP contribution >= 0.6 is 0 Å². The van der Waals surface area contributed by atoms with Gasteiger partial charge in [0.05, 0.1) is 19.6 Å². The number of aromatic nitrogens is 3. The molecular formula is C22H29N5O5. The Bertz CT molecular complexity index is 1020. The van der Waals surface area contributed by atoms with Gasteiger partial charge < -0.3 is 24.2 Å². The predicted octanol–water partition coefficient (Wildman–Crippen LogP) is 1.73. The molecule has 0 spiro atoms. The number of pyridine rings is 1. The average molecular weight is 444 g/mol. The Kier molecular flexibility index (Phi) is 5.79. The molecule has 1 saturated carbocycles. The summed E-state index contributed by atoms with van der Waals surface area (Å²) in [6.07, 6.45) is 1.32. The number of aryl methyl sites for hydroxylation is 1. The fourth-order valence-electron chi connectivity index (χ4n) is 4.97. The number of methoxy groups -OCH3 is 2. The monoisotopic (exact) mass is 443 g/mol. The lowest BCUT2D eigenvalue weighted by molar-refractivity contribution is -0.133. The maximum atomic E-state index is 13.0. The fourth-order valence-corrected chi connectivity index (χ4v) is 4.97. The molecule has 1 unspecified atom stereocenters. The first kappa shape index (κ1) is 22.0. The molecular weight excluding hydrogens is 414 g/mol. The summed E-state index contributed by atoms with van der Waals surface area (Å²) in [5, 5.41) is 7.09. The van der Waals surface area contributed by atoms with Crippen molar-refractivity contribution in [2.75, 3.05) is 27.3 Å². The highest BCUT2D eigenvalue weighted by atomic mass is 16.5. The standard InChI is InChI=1S/C22H29N5O5/c1-12(2)20(29)27-10-14-8-15(9-22(14,11-27)21-23-13(3)26-32-21)24-18(28)16-6-7-17(30-4)25-19(16)31-5/h6-7,12,14-15H,8-11H2,1-5H3,(H,24,28)/t14?,15-,22+/m1/s1. The molecule has 4 rings (SSSR count). The van der Waals surface area contributed by atoms with E-state index < -0.39 is 5.41 Å². The average Bonchev–Trinajstić information content (AvgIpc) is 3.45. The number of likely N-dealkylation sites (tertiary alicyclic amines) is 1. The minimum atomic E-state index is -0.466. The van der Waals surface area contributed by atoms with Crippen molar-refractivity contribution in [1.29, 1.82) is 0 Å². The number of ether oxygens (including phenoxy) is 2. The maximum absolute atomic E-state index is 13.0. The number of carbonyl (C=O) groups excluding carboxylic acids is 2. The van der Waals surface area contributed by atoms with E-state index in [1.165, 1.54) is 14.2 Å². The van der Waals surface area contributed by atoms with Crippen LogP contribution in [0.3, 0.4) is 0 Å². The van der Waals surface area contributed by atoms with Gasteiger partial charge in [-0.05, 0) is 31.7 Å². The number of nitrogens with one attached hydrogen (secondary N) is 1. The summed E-state index contributed by atoms with van der Waals surface area (Å²) >= 11 is 0. The third-order valence-electron chi connectivity index (χ3n) is 6.45. The molecule has 1 N–H and O–H groups in total. The van der Waals surface area contributed by atoms with Crippen molar-refractivity contribution in [2.45, 2.75) is 45.1 Å². The SMILES string of the molecule is COc1ccc(C(=O)N[C@@H]2CC3CN(C(=O)C(C)C)C[C@@]3(c3nc(C)no3)C2)c(OC)n1. The smallest absolute Gasteiger partial charge is 0.256 e. The van der Waals surface area contributed by atoms with Gasteiger partial charge in [-0.1, -0.05) is 19.0 Å². The van der Waals surface area contributed by atoms with Crippen LogP contribution in [-0.4, -0.2) is 65.2 Å². The van der Waals surface area contributed by atoms with Crippen LogP contribution in [0.15, 0.2) is 16.7 Å². The lowest BCUT2D eigenvalue weighted by Crippen LogP contribution is -2.40. The normalized spacial score (nSPS) is 24.5. The number of hydrogen-bond donors (Lipinski definition) is 1. The highest BCUT2D eigenvalue weighted by molar-refractivity contribution is 5.96. The van der Waals surface area contributed by atoms with Crippen molar-refractivity contribution in [1.82, 2.24) is 25.3 Å². The van der Waals surface area contributed by atoms with E-state index in [4.69, 9.17) is 14.0 Å². The van der Waals surface area contributed by atoms with E-state index >= 15 is 0 Å². The molecule has 2 aromatic rings. The number of nitrogens with zero attached hydrogens (tertiary/aromatic N) is 4. The minimum absolute atomic E-state index is 0.0826. The van der Waals surface area contributed by atoms with Crippen molar-refractivity contribution in [3.63, 3.8) is 0 Å². The third kappa shape index (κ3) is 3.78. The number of amides is 2. The largest absolute Gasteiger partial charge is 0.481 e. The summed E-state index contributed by atoms with van der Waals surface area (Å²) in [7, 11) is 2.97. The van der Waals surface area contributed by atoms with Crippen molar-refractivity contribution in [3.8, 4) is 11.8 Å². The molecule has 32 heavy (non-hydrogen) atoms. The first-order chi connectivity index (χ1) is 15.3. The van der Waals surface area contributed by atoms with Crippen molar-refractivity contribution < 1.29 is 23.6 Å². The molecule has 1 aliphatic heterocycles. The molecule has 10 heteroatoms. The Labute approximate surface area is 186 Å². The quantitative estimate of drug-likeness (QED) is 0.717. The van der Waals surface area contributed by atoms with Gasteiger partial charge in [-0.15, -0.1) is 0 Å². The van der Waals surface area contributed by atoms with Crippen LogP contribution in [0.2, 0.25) is 0 Å². The molecule has 0 aromatic carbocycles. The summed E-state index contributed by atoms with van der Waals surface area (Å²) in [6, 6.07) is 3.15. The first-order valence-electron chi connectivity index (χ1n) is 10.8. The highest BCUT2D eigenvalue weighted by Crippen LogP contribution is 2.50. The van der Waals surface area contributed by atoms with Crippen molar-refractivity contribution >= 4 is 11.8 Å². The third-order valence-corrected chi connectivity index (χ3v) is 6.45. The van der Waals surface area contributed by atoms with Crippen molar-refractivity contribution in [3.05, 3.63) is 29.4 Å². The molecule has 172 valence electrons. The summed E-state index contributed by atoms with van der Waals surface area (Å²) < 4.78 is 16.0. The Morgan fingerprint density at radius 3 is 2.66 bits per heavy atom. The van der Waals surface area contributed by atoms with Gasteiger partial charge in [-0.25, -0.2) is 0 Å². The van der Waals surface area contributed by atoms with Gasteiger partial charge >= 0.3 is 0 Å². The Hall–Kier alpha value is -3.17. The molecule has 10 nitrogen and oxygen atoms in total. The molecule has 2 aromatic heterocycles. The van der Waals surface area contributed by atoms with E-state index in [0.717, 1.165) is 0 Å². The lowest BCUT2D eigenvalue weighted by atomic mass is 9.80. The zero-order valence-electron chi connectivity index (χ0n) is 19.0. The minimum Gasteiger partial charge on any atom is -0.481 e. The van der Waals surface area contributed by atoms with Crippen LogP contribution in [0.25, 0.3) is 0 Å². The van der Waals surface area contributed by atoms with Gasteiger partial charge in [0.25, 0.3) is 5.91 Å². The zero-order chi connectivity index (χ0) is 23.0. The number of fused-ring (bicyclic) bond motifs is 1. The second-order valence-corrected chi connectivity index (χ2v) is 8.89. The van der Waals surface area contributed by atoms with Crippen LogP contribution in [0.4, 0.5) is 0 Å². The zero-order valence-corrected chi connectivity index (χ0v) is 19.0. The predicted molar refractivity (Wildman–Crippen MR) is 113 cm³/mol. The highest BCUT2D eigenvalue weighted by Gasteiger charge is 2.58. The Balaban J connectivity index is 1.55. The molecule has 2 aliphatic rings. The van der Waals surface area contributed by atoms with Gasteiger partial charge in [0.1, 0.15) is 5.56 Å². The maximum Gasteiger partial charge on any atom is 0.256 e. The molecule has 2 fully saturated rings. The van der Waals surface area contributed by atoms with Gasteiger partial charge in [0.2, 0.25) is 23.6 Å². The van der Waals surface area contributed by atoms with E-state index in [1.54, 1.807) is 19.1 Å². The summed E-state index contributed by atoms with van der Waals surface area (Å²) in [5.41, 5.74) is -0.129. The van der Waals surface area contributed by atoms with E-state index in [2.05, 4.69) is 20.4 Å². The van der Waals surface area contributed by atoms with Crippen LogP contribution in [0.5, 0.6) is 11.8 Å². The topological polar surface area (TPSA) is 120 Å². The van der Waals surface area contributed by atoms with E-state index in [0.29, 0.717) is 49.1 Å². The molecule has 2 amide bonds. The summed E-state index contributed by atoms with van der Waals surface area (Å²) in [6.45, 7) is 6.70. The van der Waals surface area contributed by atoms with Crippen LogP contribution in [-0.2, 0) is 10.2 Å². The molecule has 1 saturated heterocycles. The van der Waals surface area contributed by atoms with Gasteiger partial charge in [-0.3, -0.25) is 9.59 Å². The van der Waals surface area contributed by atoms with Crippen LogP contribution in [0.1, 0.15) is 48.8 Å².